The van der Waals surface area contributed by atoms with E-state index in [0.29, 0.717) is 23.5 Å². The number of phenols is 1. The van der Waals surface area contributed by atoms with E-state index in [-0.39, 0.29) is 16.9 Å². The van der Waals surface area contributed by atoms with Crippen LogP contribution in [-0.2, 0) is 6.42 Å². The van der Waals surface area contributed by atoms with Crippen LogP contribution in [0.25, 0.3) is 0 Å². The Morgan fingerprint density at radius 1 is 1.12 bits per heavy atom. The first-order valence-electron chi connectivity index (χ1n) is 13.1. The number of rotatable bonds is 9. The van der Waals surface area contributed by atoms with Crippen LogP contribution in [0.5, 0.6) is 5.75 Å². The molecule has 4 rings (SSSR count). The Hall–Kier alpha value is -1.32. The first-order valence-corrected chi connectivity index (χ1v) is 13.1. The number of aliphatic hydroxyl groups excluding tert-OH is 1. The Morgan fingerprint density at radius 3 is 2.62 bits per heavy atom. The number of phenolic OH excluding ortho intramolecular Hbond substituents is 1. The lowest BCUT2D eigenvalue weighted by molar-refractivity contribution is -0.0812. The molecule has 0 amide bonds. The summed E-state index contributed by atoms with van der Waals surface area (Å²) < 4.78 is 0. The zero-order valence-electron chi connectivity index (χ0n) is 20.7. The quantitative estimate of drug-likeness (QED) is 0.351. The van der Waals surface area contributed by atoms with Crippen LogP contribution in [0.4, 0.5) is 0 Å². The fraction of sp³-hybridized carbons (Fsp3) is 0.724. The molecule has 0 aromatic heterocycles. The van der Waals surface area contributed by atoms with Crippen molar-refractivity contribution in [3.8, 4) is 5.75 Å². The SMILES string of the molecule is C=CC12CCc3cc(O)ccc3[C@H]1[C@@H](CCCCCCCN(C)C)C[C@]1(C)[C@@H](O)CC[C@@H]21. The van der Waals surface area contributed by atoms with Crippen LogP contribution in [0.15, 0.2) is 30.9 Å². The molecule has 3 aliphatic rings. The topological polar surface area (TPSA) is 43.7 Å². The number of allylic oxidation sites excluding steroid dienone is 1. The van der Waals surface area contributed by atoms with Crippen molar-refractivity contribution in [3.05, 3.63) is 42.0 Å². The lowest BCUT2D eigenvalue weighted by Gasteiger charge is -2.60. The second-order valence-electron chi connectivity index (χ2n) is 11.7. The molecule has 0 bridgehead atoms. The number of benzene rings is 1. The summed E-state index contributed by atoms with van der Waals surface area (Å²) in [4.78, 5) is 2.28. The van der Waals surface area contributed by atoms with Crippen molar-refractivity contribution in [1.82, 2.24) is 4.90 Å². The minimum absolute atomic E-state index is 0.00941. The number of fused-ring (bicyclic) bond motifs is 5. The molecule has 2 fully saturated rings. The highest BCUT2D eigenvalue weighted by Crippen LogP contribution is 2.69. The van der Waals surface area contributed by atoms with Crippen LogP contribution in [0.2, 0.25) is 0 Å². The second kappa shape index (κ2) is 9.50. The Kier molecular flexibility index (Phi) is 7.08. The summed E-state index contributed by atoms with van der Waals surface area (Å²) in [6.07, 6.45) is 15.2. The Balaban J connectivity index is 1.55. The van der Waals surface area contributed by atoms with Crippen molar-refractivity contribution in [2.45, 2.75) is 89.6 Å². The third kappa shape index (κ3) is 4.16. The summed E-state index contributed by atoms with van der Waals surface area (Å²) in [7, 11) is 4.31. The highest BCUT2D eigenvalue weighted by atomic mass is 16.3. The smallest absolute Gasteiger partial charge is 0.115 e. The normalized spacial score (nSPS) is 35.9. The number of aryl methyl sites for hydroxylation is 1. The van der Waals surface area contributed by atoms with Crippen molar-refractivity contribution >= 4 is 0 Å². The molecule has 3 heteroatoms. The van der Waals surface area contributed by atoms with E-state index >= 15 is 0 Å². The minimum atomic E-state index is -0.181. The maximum Gasteiger partial charge on any atom is 0.115 e. The molecule has 6 atom stereocenters. The predicted octanol–water partition coefficient (Wildman–Crippen LogP) is 6.29. The predicted molar refractivity (Wildman–Crippen MR) is 133 cm³/mol. The van der Waals surface area contributed by atoms with Crippen molar-refractivity contribution in [1.29, 1.82) is 0 Å². The van der Waals surface area contributed by atoms with Gasteiger partial charge in [0.15, 0.2) is 0 Å². The highest BCUT2D eigenvalue weighted by molar-refractivity contribution is 5.43. The molecule has 0 radical (unpaired) electrons. The first-order chi connectivity index (χ1) is 15.3. The van der Waals surface area contributed by atoms with Gasteiger partial charge in [0, 0.05) is 0 Å². The number of hydrogen-bond acceptors (Lipinski definition) is 3. The van der Waals surface area contributed by atoms with Gasteiger partial charge in [-0.3, -0.25) is 0 Å². The van der Waals surface area contributed by atoms with E-state index in [0.717, 1.165) is 32.1 Å². The lowest BCUT2D eigenvalue weighted by Crippen LogP contribution is -2.54. The molecular formula is C29H45NO2. The molecule has 1 unspecified atom stereocenters. The molecular weight excluding hydrogens is 394 g/mol. The van der Waals surface area contributed by atoms with Gasteiger partial charge in [-0.05, 0) is 117 Å². The largest absolute Gasteiger partial charge is 0.508 e. The molecule has 2 N–H and O–H groups in total. The molecule has 0 heterocycles. The lowest BCUT2D eigenvalue weighted by atomic mass is 9.44. The molecule has 1 aromatic rings. The standard InChI is InChI=1S/C29H45NO2/c1-5-29-17-16-21-19-23(31)12-13-24(21)27(29)22(11-9-7-6-8-10-18-30(3)4)20-28(2)25(29)14-15-26(28)32/h5,12-13,19,22,25-27,31-32H,1,6-11,14-18,20H2,2-4H3/t22-,25+,26-,27+,28-,29?/m0/s1. The van der Waals surface area contributed by atoms with Gasteiger partial charge in [0.1, 0.15) is 5.75 Å². The fourth-order valence-electron chi connectivity index (χ4n) is 8.06. The van der Waals surface area contributed by atoms with Crippen LogP contribution < -0.4 is 0 Å². The summed E-state index contributed by atoms with van der Waals surface area (Å²) in [6, 6.07) is 6.09. The van der Waals surface area contributed by atoms with Gasteiger partial charge < -0.3 is 15.1 Å². The van der Waals surface area contributed by atoms with Crippen LogP contribution >= 0.6 is 0 Å². The van der Waals surface area contributed by atoms with Crippen LogP contribution in [0.3, 0.4) is 0 Å². The zero-order chi connectivity index (χ0) is 22.9. The summed E-state index contributed by atoms with van der Waals surface area (Å²) >= 11 is 0. The summed E-state index contributed by atoms with van der Waals surface area (Å²) in [6.45, 7) is 7.97. The molecule has 0 aliphatic heterocycles. The maximum absolute atomic E-state index is 11.1. The summed E-state index contributed by atoms with van der Waals surface area (Å²) in [5, 5.41) is 21.2. The number of unbranched alkanes of at least 4 members (excludes halogenated alkanes) is 4. The number of aliphatic hydroxyl groups is 1. The molecule has 3 nitrogen and oxygen atoms in total. The number of nitrogens with zero attached hydrogens (tertiary/aromatic N) is 1. The van der Waals surface area contributed by atoms with Gasteiger partial charge in [0.05, 0.1) is 6.10 Å². The van der Waals surface area contributed by atoms with Crippen molar-refractivity contribution in [2.24, 2.45) is 22.7 Å². The van der Waals surface area contributed by atoms with Gasteiger partial charge in [-0.25, -0.2) is 0 Å². The van der Waals surface area contributed by atoms with Gasteiger partial charge in [0.25, 0.3) is 0 Å². The van der Waals surface area contributed by atoms with Gasteiger partial charge in [-0.15, -0.1) is 6.58 Å². The molecule has 0 saturated heterocycles. The van der Waals surface area contributed by atoms with Gasteiger partial charge >= 0.3 is 0 Å². The molecule has 1 aromatic carbocycles. The fourth-order valence-corrected chi connectivity index (χ4v) is 8.06. The van der Waals surface area contributed by atoms with Gasteiger partial charge in [0.2, 0.25) is 0 Å². The van der Waals surface area contributed by atoms with Crippen molar-refractivity contribution in [2.75, 3.05) is 20.6 Å². The van der Waals surface area contributed by atoms with E-state index in [4.69, 9.17) is 0 Å². The zero-order valence-corrected chi connectivity index (χ0v) is 20.7. The van der Waals surface area contributed by atoms with E-state index in [1.54, 1.807) is 0 Å². The summed E-state index contributed by atoms with van der Waals surface area (Å²) in [5.74, 6) is 1.95. The Morgan fingerprint density at radius 2 is 1.88 bits per heavy atom. The second-order valence-corrected chi connectivity index (χ2v) is 11.7. The molecule has 0 spiro atoms. The third-order valence-electron chi connectivity index (χ3n) is 9.54. The van der Waals surface area contributed by atoms with Crippen LogP contribution in [-0.4, -0.2) is 41.9 Å². The number of aromatic hydroxyl groups is 1. The van der Waals surface area contributed by atoms with E-state index in [2.05, 4.69) is 44.6 Å². The third-order valence-corrected chi connectivity index (χ3v) is 9.54. The van der Waals surface area contributed by atoms with Crippen molar-refractivity contribution in [3.63, 3.8) is 0 Å². The molecule has 178 valence electrons. The highest BCUT2D eigenvalue weighted by Gasteiger charge is 2.63. The van der Waals surface area contributed by atoms with Crippen molar-refractivity contribution < 1.29 is 10.2 Å². The molecule has 2 saturated carbocycles. The van der Waals surface area contributed by atoms with E-state index in [1.807, 2.05) is 12.1 Å². The number of hydrogen-bond donors (Lipinski definition) is 2. The van der Waals surface area contributed by atoms with E-state index < -0.39 is 0 Å². The van der Waals surface area contributed by atoms with E-state index in [1.165, 1.54) is 56.2 Å². The Bertz CT molecular complexity index is 804. The van der Waals surface area contributed by atoms with Gasteiger partial charge in [-0.1, -0.05) is 44.7 Å². The van der Waals surface area contributed by atoms with Gasteiger partial charge in [-0.2, -0.15) is 0 Å². The first kappa shape index (κ1) is 23.8. The summed E-state index contributed by atoms with van der Waals surface area (Å²) in [5.41, 5.74) is 2.87. The molecule has 3 aliphatic carbocycles. The monoisotopic (exact) mass is 439 g/mol. The average Bonchev–Trinajstić information content (AvgIpc) is 3.06. The van der Waals surface area contributed by atoms with E-state index in [9.17, 15) is 10.2 Å². The Labute approximate surface area is 195 Å². The minimum Gasteiger partial charge on any atom is -0.508 e. The maximum atomic E-state index is 11.1. The van der Waals surface area contributed by atoms with Crippen LogP contribution in [0.1, 0.15) is 88.2 Å². The average molecular weight is 440 g/mol. The molecule has 32 heavy (non-hydrogen) atoms. The van der Waals surface area contributed by atoms with Crippen LogP contribution in [0, 0.1) is 22.7 Å².